The van der Waals surface area contributed by atoms with Gasteiger partial charge < -0.3 is 4.90 Å². The standard InChI is InChI=1S/C16H15FN2/c1-12-5-3-4-6-14(12)11-19(2)15-8-7-13(10-18)16(17)9-15/h3-9H,11H2,1-2H3. The van der Waals surface area contributed by atoms with E-state index >= 15 is 0 Å². The third-order valence-electron chi connectivity index (χ3n) is 3.18. The minimum Gasteiger partial charge on any atom is -0.370 e. The number of nitriles is 1. The van der Waals surface area contributed by atoms with Crippen molar-refractivity contribution in [3.63, 3.8) is 0 Å². The van der Waals surface area contributed by atoms with Crippen molar-refractivity contribution in [2.75, 3.05) is 11.9 Å². The fourth-order valence-corrected chi connectivity index (χ4v) is 1.97. The quantitative estimate of drug-likeness (QED) is 0.836. The van der Waals surface area contributed by atoms with Gasteiger partial charge in [-0.25, -0.2) is 4.39 Å². The van der Waals surface area contributed by atoms with Crippen molar-refractivity contribution in [3.05, 3.63) is 65.0 Å². The predicted octanol–water partition coefficient (Wildman–Crippen LogP) is 3.64. The molecule has 0 N–H and O–H groups in total. The van der Waals surface area contributed by atoms with Crippen LogP contribution in [0.1, 0.15) is 16.7 Å². The van der Waals surface area contributed by atoms with Gasteiger partial charge in [0.15, 0.2) is 0 Å². The maximum Gasteiger partial charge on any atom is 0.143 e. The summed E-state index contributed by atoms with van der Waals surface area (Å²) >= 11 is 0. The Kier molecular flexibility index (Phi) is 3.82. The van der Waals surface area contributed by atoms with Crippen LogP contribution in [0.5, 0.6) is 0 Å². The Balaban J connectivity index is 2.21. The molecule has 96 valence electrons. The number of hydrogen-bond donors (Lipinski definition) is 0. The van der Waals surface area contributed by atoms with E-state index < -0.39 is 5.82 Å². The highest BCUT2D eigenvalue weighted by Gasteiger charge is 2.07. The van der Waals surface area contributed by atoms with Gasteiger partial charge in [0.25, 0.3) is 0 Å². The molecule has 0 atom stereocenters. The lowest BCUT2D eigenvalue weighted by Gasteiger charge is -2.20. The summed E-state index contributed by atoms with van der Waals surface area (Å²) < 4.78 is 13.6. The zero-order chi connectivity index (χ0) is 13.8. The van der Waals surface area contributed by atoms with Gasteiger partial charge in [0, 0.05) is 19.3 Å². The Hall–Kier alpha value is -2.34. The number of halogens is 1. The second-order valence-electron chi connectivity index (χ2n) is 4.56. The van der Waals surface area contributed by atoms with Gasteiger partial charge in [-0.1, -0.05) is 24.3 Å². The van der Waals surface area contributed by atoms with Gasteiger partial charge in [-0.05, 0) is 36.2 Å². The molecule has 19 heavy (non-hydrogen) atoms. The van der Waals surface area contributed by atoms with E-state index in [1.54, 1.807) is 6.07 Å². The van der Waals surface area contributed by atoms with E-state index in [1.807, 2.05) is 30.1 Å². The van der Waals surface area contributed by atoms with Gasteiger partial charge in [-0.2, -0.15) is 5.26 Å². The van der Waals surface area contributed by atoms with E-state index in [1.165, 1.54) is 23.3 Å². The monoisotopic (exact) mass is 254 g/mol. The van der Waals surface area contributed by atoms with Crippen molar-refractivity contribution in [1.29, 1.82) is 5.26 Å². The Bertz CT molecular complexity index is 629. The molecule has 3 heteroatoms. The van der Waals surface area contributed by atoms with Gasteiger partial charge >= 0.3 is 0 Å². The highest BCUT2D eigenvalue weighted by Crippen LogP contribution is 2.20. The molecule has 0 aliphatic rings. The number of anilines is 1. The molecule has 0 spiro atoms. The van der Waals surface area contributed by atoms with Crippen molar-refractivity contribution in [2.45, 2.75) is 13.5 Å². The number of aryl methyl sites for hydroxylation is 1. The lowest BCUT2D eigenvalue weighted by Crippen LogP contribution is -2.17. The van der Waals surface area contributed by atoms with Crippen LogP contribution < -0.4 is 4.90 Å². The number of hydrogen-bond acceptors (Lipinski definition) is 2. The van der Waals surface area contributed by atoms with Crippen LogP contribution in [0.4, 0.5) is 10.1 Å². The van der Waals surface area contributed by atoms with Gasteiger partial charge in [0.1, 0.15) is 11.9 Å². The second kappa shape index (κ2) is 5.53. The summed E-state index contributed by atoms with van der Waals surface area (Å²) in [7, 11) is 1.91. The first-order valence-electron chi connectivity index (χ1n) is 6.07. The Labute approximate surface area is 112 Å². The van der Waals surface area contributed by atoms with Crippen molar-refractivity contribution < 1.29 is 4.39 Å². The second-order valence-corrected chi connectivity index (χ2v) is 4.56. The number of nitrogens with zero attached hydrogens (tertiary/aromatic N) is 2. The van der Waals surface area contributed by atoms with Crippen LogP contribution in [-0.2, 0) is 6.54 Å². The summed E-state index contributed by atoms with van der Waals surface area (Å²) in [6.07, 6.45) is 0. The highest BCUT2D eigenvalue weighted by atomic mass is 19.1. The molecule has 0 fully saturated rings. The number of rotatable bonds is 3. The first kappa shape index (κ1) is 13.1. The van der Waals surface area contributed by atoms with Crippen LogP contribution in [0.3, 0.4) is 0 Å². The summed E-state index contributed by atoms with van der Waals surface area (Å²) in [5, 5.41) is 8.72. The average Bonchev–Trinajstić information content (AvgIpc) is 2.41. The largest absolute Gasteiger partial charge is 0.370 e. The fraction of sp³-hybridized carbons (Fsp3) is 0.188. The van der Waals surface area contributed by atoms with Crippen molar-refractivity contribution in [3.8, 4) is 6.07 Å². The van der Waals surface area contributed by atoms with Crippen LogP contribution in [0.15, 0.2) is 42.5 Å². The minimum absolute atomic E-state index is 0.0769. The van der Waals surface area contributed by atoms with Crippen LogP contribution >= 0.6 is 0 Å². The molecule has 0 saturated heterocycles. The summed E-state index contributed by atoms with van der Waals surface area (Å²) in [5.74, 6) is -0.475. The SMILES string of the molecule is Cc1ccccc1CN(C)c1ccc(C#N)c(F)c1. The Morgan fingerprint density at radius 3 is 2.58 bits per heavy atom. The molecular formula is C16H15FN2. The van der Waals surface area contributed by atoms with E-state index in [4.69, 9.17) is 5.26 Å². The minimum atomic E-state index is -0.475. The zero-order valence-corrected chi connectivity index (χ0v) is 11.0. The predicted molar refractivity (Wildman–Crippen MR) is 74.4 cm³/mol. The summed E-state index contributed by atoms with van der Waals surface area (Å²) in [6.45, 7) is 2.76. The van der Waals surface area contributed by atoms with Crippen LogP contribution in [0, 0.1) is 24.1 Å². The molecule has 0 aliphatic carbocycles. The average molecular weight is 254 g/mol. The van der Waals surface area contributed by atoms with E-state index in [0.29, 0.717) is 6.54 Å². The van der Waals surface area contributed by atoms with E-state index in [2.05, 4.69) is 19.1 Å². The molecule has 0 saturated carbocycles. The molecular weight excluding hydrogens is 239 g/mol. The van der Waals surface area contributed by atoms with Crippen LogP contribution in [-0.4, -0.2) is 7.05 Å². The van der Waals surface area contributed by atoms with Crippen molar-refractivity contribution >= 4 is 5.69 Å². The normalized spacial score (nSPS) is 10.0. The summed E-state index contributed by atoms with van der Waals surface area (Å²) in [6, 6.07) is 14.6. The Morgan fingerprint density at radius 2 is 1.95 bits per heavy atom. The molecule has 0 amide bonds. The molecule has 0 aliphatic heterocycles. The van der Waals surface area contributed by atoms with Gasteiger partial charge in [-0.15, -0.1) is 0 Å². The lowest BCUT2D eigenvalue weighted by atomic mass is 10.1. The molecule has 2 rings (SSSR count). The topological polar surface area (TPSA) is 27.0 Å². The molecule has 0 bridgehead atoms. The Morgan fingerprint density at radius 1 is 1.21 bits per heavy atom. The van der Waals surface area contributed by atoms with Crippen molar-refractivity contribution in [1.82, 2.24) is 0 Å². The summed E-state index contributed by atoms with van der Waals surface area (Å²) in [5.41, 5.74) is 3.26. The maximum absolute atomic E-state index is 13.6. The highest BCUT2D eigenvalue weighted by molar-refractivity contribution is 5.50. The maximum atomic E-state index is 13.6. The molecule has 2 nitrogen and oxygen atoms in total. The van der Waals surface area contributed by atoms with E-state index in [-0.39, 0.29) is 5.56 Å². The smallest absolute Gasteiger partial charge is 0.143 e. The van der Waals surface area contributed by atoms with Crippen LogP contribution in [0.2, 0.25) is 0 Å². The van der Waals surface area contributed by atoms with Crippen molar-refractivity contribution in [2.24, 2.45) is 0 Å². The zero-order valence-electron chi connectivity index (χ0n) is 11.0. The molecule has 0 radical (unpaired) electrons. The lowest BCUT2D eigenvalue weighted by molar-refractivity contribution is 0.623. The van der Waals surface area contributed by atoms with Gasteiger partial charge in [-0.3, -0.25) is 0 Å². The first-order chi connectivity index (χ1) is 9.11. The molecule has 0 unspecified atom stereocenters. The van der Waals surface area contributed by atoms with Crippen LogP contribution in [0.25, 0.3) is 0 Å². The van der Waals surface area contributed by atoms with E-state index in [0.717, 1.165) is 5.69 Å². The van der Waals surface area contributed by atoms with E-state index in [9.17, 15) is 4.39 Å². The fourth-order valence-electron chi connectivity index (χ4n) is 1.97. The third-order valence-corrected chi connectivity index (χ3v) is 3.18. The summed E-state index contributed by atoms with van der Waals surface area (Å²) in [4.78, 5) is 1.96. The molecule has 2 aromatic rings. The number of benzene rings is 2. The molecule has 2 aromatic carbocycles. The van der Waals surface area contributed by atoms with Gasteiger partial charge in [0.05, 0.1) is 5.56 Å². The molecule has 0 aromatic heterocycles. The third kappa shape index (κ3) is 2.92. The molecule has 0 heterocycles. The first-order valence-corrected chi connectivity index (χ1v) is 6.07. The van der Waals surface area contributed by atoms with Gasteiger partial charge in [0.2, 0.25) is 0 Å².